The number of imide groups is 1. The number of likely N-dealkylation sites (tertiary alicyclic amines) is 1. The van der Waals surface area contributed by atoms with Crippen LogP contribution in [0.15, 0.2) is 42.7 Å². The molecule has 1 aromatic carbocycles. The van der Waals surface area contributed by atoms with E-state index in [-0.39, 0.29) is 36.1 Å². The fraction of sp³-hybridized carbons (Fsp3) is 0.455. The van der Waals surface area contributed by atoms with Crippen LogP contribution in [0.2, 0.25) is 0 Å². The molecule has 0 unspecified atom stereocenters. The highest BCUT2D eigenvalue weighted by Gasteiger charge is 2.48. The normalized spacial score (nSPS) is 21.3. The van der Waals surface area contributed by atoms with Crippen molar-refractivity contribution in [2.45, 2.75) is 38.8 Å². The lowest BCUT2D eigenvalue weighted by Gasteiger charge is -2.20. The minimum Gasteiger partial charge on any atom is -0.340 e. The van der Waals surface area contributed by atoms with E-state index in [1.165, 1.54) is 4.90 Å². The summed E-state index contributed by atoms with van der Waals surface area (Å²) >= 11 is 0. The van der Waals surface area contributed by atoms with Gasteiger partial charge in [-0.1, -0.05) is 43.2 Å². The summed E-state index contributed by atoms with van der Waals surface area (Å²) in [4.78, 5) is 40.5. The lowest BCUT2D eigenvalue weighted by Crippen LogP contribution is -2.41. The molecule has 0 N–H and O–H groups in total. The number of nitrogens with zero attached hydrogens (tertiary/aromatic N) is 4. The summed E-state index contributed by atoms with van der Waals surface area (Å²) in [5.74, 6) is -1.01. The van der Waals surface area contributed by atoms with Crippen molar-refractivity contribution in [1.29, 1.82) is 0 Å². The zero-order valence-electron chi connectivity index (χ0n) is 16.7. The molecule has 0 radical (unpaired) electrons. The van der Waals surface area contributed by atoms with Gasteiger partial charge in [0.25, 0.3) is 0 Å². The van der Waals surface area contributed by atoms with Crippen LogP contribution in [-0.2, 0) is 27.5 Å². The maximum atomic E-state index is 12.7. The second-order valence-corrected chi connectivity index (χ2v) is 8.04. The second-order valence-electron chi connectivity index (χ2n) is 8.04. The van der Waals surface area contributed by atoms with Crippen LogP contribution in [0.4, 0.5) is 0 Å². The molecule has 1 saturated carbocycles. The zero-order chi connectivity index (χ0) is 20.4. The number of benzene rings is 1. The third kappa shape index (κ3) is 4.09. The summed E-state index contributed by atoms with van der Waals surface area (Å²) in [6.45, 7) is 0.883. The summed E-state index contributed by atoms with van der Waals surface area (Å²) in [6, 6.07) is 10.0. The molecule has 1 aromatic heterocycles. The largest absolute Gasteiger partial charge is 0.340 e. The Kier molecular flexibility index (Phi) is 5.47. The number of likely N-dealkylation sites (N-methyl/N-ethyl adjacent to an activating group) is 1. The Morgan fingerprint density at radius 3 is 2.38 bits per heavy atom. The summed E-state index contributed by atoms with van der Waals surface area (Å²) in [5.41, 5.74) is 2.06. The first kappa shape index (κ1) is 19.4. The first-order chi connectivity index (χ1) is 14.0. The molecule has 0 bridgehead atoms. The Hall–Kier alpha value is -2.96. The second kappa shape index (κ2) is 8.19. The number of rotatable bonds is 6. The molecule has 2 heterocycles. The Labute approximate surface area is 170 Å². The molecule has 1 aliphatic carbocycles. The fourth-order valence-electron chi connectivity index (χ4n) is 4.35. The molecule has 2 fully saturated rings. The average Bonchev–Trinajstić information content (AvgIpc) is 3.26. The fourth-order valence-corrected chi connectivity index (χ4v) is 4.35. The van der Waals surface area contributed by atoms with Gasteiger partial charge < -0.3 is 4.90 Å². The summed E-state index contributed by atoms with van der Waals surface area (Å²) in [6.07, 6.45) is 7.14. The Bertz CT molecular complexity index is 884. The average molecular weight is 394 g/mol. The van der Waals surface area contributed by atoms with Crippen molar-refractivity contribution < 1.29 is 14.4 Å². The van der Waals surface area contributed by atoms with E-state index in [4.69, 9.17) is 0 Å². The van der Waals surface area contributed by atoms with Crippen LogP contribution in [0.1, 0.15) is 36.8 Å². The molecule has 1 saturated heterocycles. The van der Waals surface area contributed by atoms with Crippen molar-refractivity contribution in [3.63, 3.8) is 0 Å². The van der Waals surface area contributed by atoms with Gasteiger partial charge in [0.05, 0.1) is 24.6 Å². The van der Waals surface area contributed by atoms with Crippen molar-refractivity contribution in [2.75, 3.05) is 13.6 Å². The summed E-state index contributed by atoms with van der Waals surface area (Å²) in [7, 11) is 1.69. The van der Waals surface area contributed by atoms with Crippen molar-refractivity contribution in [1.82, 2.24) is 19.6 Å². The van der Waals surface area contributed by atoms with Gasteiger partial charge in [0, 0.05) is 25.4 Å². The smallest absolute Gasteiger partial charge is 0.242 e. The van der Waals surface area contributed by atoms with Crippen LogP contribution in [0, 0.1) is 11.8 Å². The minimum absolute atomic E-state index is 0.167. The predicted octanol–water partition coefficient (Wildman–Crippen LogP) is 2.07. The molecule has 2 aromatic rings. The number of fused-ring (bicyclic) bond motifs is 1. The van der Waals surface area contributed by atoms with Crippen LogP contribution in [-0.4, -0.2) is 50.9 Å². The quantitative estimate of drug-likeness (QED) is 0.703. The van der Waals surface area contributed by atoms with Gasteiger partial charge >= 0.3 is 0 Å². The maximum Gasteiger partial charge on any atom is 0.242 e. The molecule has 7 heteroatoms. The number of carbonyl (C=O) groups excluding carboxylic acids is 3. The summed E-state index contributed by atoms with van der Waals surface area (Å²) < 4.78 is 1.83. The molecule has 2 atom stereocenters. The van der Waals surface area contributed by atoms with Crippen molar-refractivity contribution in [3.05, 3.63) is 53.9 Å². The van der Waals surface area contributed by atoms with Gasteiger partial charge in [-0.2, -0.15) is 5.10 Å². The number of amides is 3. The molecule has 7 nitrogen and oxygen atoms in total. The van der Waals surface area contributed by atoms with Gasteiger partial charge in [-0.05, 0) is 18.4 Å². The monoisotopic (exact) mass is 394 g/mol. The number of hydrogen-bond donors (Lipinski definition) is 0. The van der Waals surface area contributed by atoms with Crippen LogP contribution >= 0.6 is 0 Å². The third-order valence-corrected chi connectivity index (χ3v) is 5.95. The maximum absolute atomic E-state index is 12.7. The lowest BCUT2D eigenvalue weighted by molar-refractivity contribution is -0.146. The van der Waals surface area contributed by atoms with Crippen LogP contribution < -0.4 is 0 Å². The SMILES string of the molecule is CN(Cc1cnn(Cc2ccccc2)c1)C(=O)CN1C(=O)[C@@H]2CCCC[C@H]2C1=O. The number of hydrogen-bond acceptors (Lipinski definition) is 4. The molecule has 1 aliphatic heterocycles. The highest BCUT2D eigenvalue weighted by atomic mass is 16.2. The molecule has 3 amide bonds. The highest BCUT2D eigenvalue weighted by molar-refractivity contribution is 6.07. The summed E-state index contributed by atoms with van der Waals surface area (Å²) in [5, 5.41) is 4.36. The van der Waals surface area contributed by atoms with Crippen molar-refractivity contribution in [2.24, 2.45) is 11.8 Å². The third-order valence-electron chi connectivity index (χ3n) is 5.95. The van der Waals surface area contributed by atoms with Crippen molar-refractivity contribution in [3.8, 4) is 0 Å². The number of aromatic nitrogens is 2. The Morgan fingerprint density at radius 2 is 1.72 bits per heavy atom. The van der Waals surface area contributed by atoms with E-state index in [1.807, 2.05) is 41.2 Å². The standard InChI is InChI=1S/C22H26N4O3/c1-24(12-17-11-23-25(14-17)13-16-7-3-2-4-8-16)20(27)15-26-21(28)18-9-5-6-10-19(18)22(26)29/h2-4,7-8,11,14,18-19H,5-6,9-10,12-13,15H2,1H3/t18-,19-/m1/s1. The van der Waals surface area contributed by atoms with Crippen molar-refractivity contribution >= 4 is 17.7 Å². The zero-order valence-corrected chi connectivity index (χ0v) is 16.7. The highest BCUT2D eigenvalue weighted by Crippen LogP contribution is 2.37. The Balaban J connectivity index is 1.34. The Morgan fingerprint density at radius 1 is 1.07 bits per heavy atom. The predicted molar refractivity (Wildman–Crippen MR) is 106 cm³/mol. The van der Waals surface area contributed by atoms with E-state index in [2.05, 4.69) is 5.10 Å². The van der Waals surface area contributed by atoms with E-state index < -0.39 is 0 Å². The van der Waals surface area contributed by atoms with Crippen LogP contribution in [0.3, 0.4) is 0 Å². The van der Waals surface area contributed by atoms with Gasteiger partial charge in [0.2, 0.25) is 17.7 Å². The first-order valence-electron chi connectivity index (χ1n) is 10.2. The van der Waals surface area contributed by atoms with Gasteiger partial charge in [-0.25, -0.2) is 0 Å². The van der Waals surface area contributed by atoms with Crippen LogP contribution in [0.25, 0.3) is 0 Å². The van der Waals surface area contributed by atoms with E-state index in [1.54, 1.807) is 18.1 Å². The molecule has 4 rings (SSSR count). The van der Waals surface area contributed by atoms with E-state index in [0.29, 0.717) is 13.1 Å². The van der Waals surface area contributed by atoms with E-state index in [0.717, 1.165) is 36.8 Å². The van der Waals surface area contributed by atoms with Gasteiger partial charge in [-0.3, -0.25) is 24.0 Å². The molecule has 152 valence electrons. The molecular formula is C22H26N4O3. The topological polar surface area (TPSA) is 75.5 Å². The first-order valence-corrected chi connectivity index (χ1v) is 10.2. The van der Waals surface area contributed by atoms with Gasteiger partial charge in [-0.15, -0.1) is 0 Å². The van der Waals surface area contributed by atoms with Crippen LogP contribution in [0.5, 0.6) is 0 Å². The lowest BCUT2D eigenvalue weighted by atomic mass is 9.81. The molecule has 2 aliphatic rings. The van der Waals surface area contributed by atoms with Gasteiger partial charge in [0.1, 0.15) is 6.54 Å². The van der Waals surface area contributed by atoms with E-state index >= 15 is 0 Å². The minimum atomic E-state index is -0.235. The molecule has 29 heavy (non-hydrogen) atoms. The van der Waals surface area contributed by atoms with E-state index in [9.17, 15) is 14.4 Å². The number of carbonyl (C=O) groups is 3. The molecule has 0 spiro atoms. The van der Waals surface area contributed by atoms with Gasteiger partial charge in [0.15, 0.2) is 0 Å². The molecular weight excluding hydrogens is 368 g/mol.